The number of aliphatic hydroxyl groups is 4. The first-order chi connectivity index (χ1) is 26.8. The summed E-state index contributed by atoms with van der Waals surface area (Å²) in [5.41, 5.74) is 0. The van der Waals surface area contributed by atoms with Crippen LogP contribution in [0.2, 0.25) is 0 Å². The number of aliphatic hydroxyl groups excluding tert-OH is 4. The van der Waals surface area contributed by atoms with E-state index in [1.807, 2.05) is 12.2 Å². The second-order valence-corrected chi connectivity index (χ2v) is 15.2. The van der Waals surface area contributed by atoms with E-state index in [2.05, 4.69) is 26.0 Å². The zero-order chi connectivity index (χ0) is 40.2. The standard InChI is InChI=1S/C45H80O10/c1-3-5-7-9-11-13-15-17-19-21-23-25-27-29-31-33-40(47)52-36-38(37-53-45-44(51)43(50)42(49)39(35-46)55-45)54-41(48)34-32-30-28-26-24-22-20-18-16-14-12-10-8-6-4-2/h9,11,28,30,32,34,38-39,42-46,49-51H,3-8,10,12-27,29,31,33,35-37H2,1-2H3/b11-9+,30-28+,34-32+/t38-,39-,42+,43?,44?,45-/m0/s1. The molecule has 320 valence electrons. The van der Waals surface area contributed by atoms with E-state index in [0.29, 0.717) is 6.42 Å². The van der Waals surface area contributed by atoms with Crippen molar-refractivity contribution in [1.29, 1.82) is 0 Å². The summed E-state index contributed by atoms with van der Waals surface area (Å²) in [5, 5.41) is 40.0. The van der Waals surface area contributed by atoms with Crippen molar-refractivity contribution in [2.24, 2.45) is 0 Å². The maximum Gasteiger partial charge on any atom is 0.331 e. The van der Waals surface area contributed by atoms with Crippen molar-refractivity contribution < 1.29 is 49.0 Å². The van der Waals surface area contributed by atoms with Gasteiger partial charge < -0.3 is 39.4 Å². The van der Waals surface area contributed by atoms with Crippen LogP contribution in [0.4, 0.5) is 0 Å². The zero-order valence-corrected chi connectivity index (χ0v) is 34.7. The fraction of sp³-hybridized carbons (Fsp3) is 0.822. The van der Waals surface area contributed by atoms with Gasteiger partial charge in [-0.2, -0.15) is 0 Å². The molecule has 0 saturated carbocycles. The van der Waals surface area contributed by atoms with E-state index >= 15 is 0 Å². The van der Waals surface area contributed by atoms with Gasteiger partial charge in [0, 0.05) is 12.5 Å². The molecule has 1 rings (SSSR count). The largest absolute Gasteiger partial charge is 0.462 e. The third kappa shape index (κ3) is 28.0. The van der Waals surface area contributed by atoms with Gasteiger partial charge in [0.05, 0.1) is 13.2 Å². The van der Waals surface area contributed by atoms with E-state index in [1.54, 1.807) is 6.08 Å². The number of rotatable bonds is 36. The summed E-state index contributed by atoms with van der Waals surface area (Å²) in [6, 6.07) is 0. The summed E-state index contributed by atoms with van der Waals surface area (Å²) in [5.74, 6) is -1.06. The third-order valence-electron chi connectivity index (χ3n) is 10.1. The van der Waals surface area contributed by atoms with Crippen LogP contribution >= 0.6 is 0 Å². The first-order valence-corrected chi connectivity index (χ1v) is 22.1. The van der Waals surface area contributed by atoms with Gasteiger partial charge in [-0.1, -0.05) is 166 Å². The monoisotopic (exact) mass is 781 g/mol. The van der Waals surface area contributed by atoms with E-state index in [9.17, 15) is 30.0 Å². The molecular weight excluding hydrogens is 700 g/mol. The number of unbranched alkanes of at least 4 members (excludes halogenated alkanes) is 22. The summed E-state index contributed by atoms with van der Waals surface area (Å²) >= 11 is 0. The molecule has 0 aromatic heterocycles. The number of esters is 2. The molecule has 6 atom stereocenters. The minimum Gasteiger partial charge on any atom is -0.462 e. The molecule has 0 amide bonds. The van der Waals surface area contributed by atoms with Crippen molar-refractivity contribution >= 4 is 11.9 Å². The van der Waals surface area contributed by atoms with Crippen molar-refractivity contribution in [3.05, 3.63) is 36.5 Å². The average Bonchev–Trinajstić information content (AvgIpc) is 3.18. The van der Waals surface area contributed by atoms with Crippen LogP contribution in [0.3, 0.4) is 0 Å². The quantitative estimate of drug-likeness (QED) is 0.0159. The maximum atomic E-state index is 12.6. The molecule has 1 saturated heterocycles. The van der Waals surface area contributed by atoms with Gasteiger partial charge in [-0.05, 0) is 38.5 Å². The number of allylic oxidation sites excluding steroid dienone is 5. The Morgan fingerprint density at radius 3 is 1.67 bits per heavy atom. The van der Waals surface area contributed by atoms with Gasteiger partial charge >= 0.3 is 11.9 Å². The lowest BCUT2D eigenvalue weighted by Gasteiger charge is -2.39. The van der Waals surface area contributed by atoms with Crippen LogP contribution in [0, 0.1) is 0 Å². The molecule has 0 aliphatic carbocycles. The number of carbonyl (C=O) groups is 2. The Morgan fingerprint density at radius 2 is 1.11 bits per heavy atom. The Balaban J connectivity index is 2.39. The molecule has 10 nitrogen and oxygen atoms in total. The van der Waals surface area contributed by atoms with Gasteiger partial charge in [0.15, 0.2) is 12.4 Å². The van der Waals surface area contributed by atoms with Crippen LogP contribution in [0.15, 0.2) is 36.5 Å². The smallest absolute Gasteiger partial charge is 0.331 e. The van der Waals surface area contributed by atoms with Crippen LogP contribution in [-0.2, 0) is 28.5 Å². The molecule has 1 heterocycles. The number of carbonyl (C=O) groups excluding carboxylic acids is 2. The predicted molar refractivity (Wildman–Crippen MR) is 219 cm³/mol. The highest BCUT2D eigenvalue weighted by Gasteiger charge is 2.44. The summed E-state index contributed by atoms with van der Waals surface area (Å²) in [6.07, 6.45) is 33.5. The lowest BCUT2D eigenvalue weighted by Crippen LogP contribution is -2.59. The van der Waals surface area contributed by atoms with E-state index in [4.69, 9.17) is 18.9 Å². The first-order valence-electron chi connectivity index (χ1n) is 22.1. The second kappa shape index (κ2) is 36.3. The van der Waals surface area contributed by atoms with Crippen molar-refractivity contribution in [2.75, 3.05) is 19.8 Å². The molecule has 0 spiro atoms. The van der Waals surface area contributed by atoms with E-state index in [-0.39, 0.29) is 19.6 Å². The average molecular weight is 781 g/mol. The van der Waals surface area contributed by atoms with Gasteiger partial charge in [0.1, 0.15) is 31.0 Å². The van der Waals surface area contributed by atoms with Gasteiger partial charge in [-0.3, -0.25) is 4.79 Å². The highest BCUT2D eigenvalue weighted by molar-refractivity contribution is 5.82. The fourth-order valence-corrected chi connectivity index (χ4v) is 6.55. The first kappa shape index (κ1) is 50.9. The van der Waals surface area contributed by atoms with Crippen LogP contribution in [0.25, 0.3) is 0 Å². The van der Waals surface area contributed by atoms with Gasteiger partial charge in [0.25, 0.3) is 0 Å². The highest BCUT2D eigenvalue weighted by Crippen LogP contribution is 2.22. The van der Waals surface area contributed by atoms with E-state index < -0.39 is 55.4 Å². The molecule has 4 N–H and O–H groups in total. The molecule has 1 aliphatic heterocycles. The van der Waals surface area contributed by atoms with Crippen LogP contribution in [-0.4, -0.2) is 89.0 Å². The minimum absolute atomic E-state index is 0.254. The molecule has 0 bridgehead atoms. The summed E-state index contributed by atoms with van der Waals surface area (Å²) in [4.78, 5) is 25.2. The molecule has 1 aliphatic rings. The van der Waals surface area contributed by atoms with Crippen LogP contribution in [0.5, 0.6) is 0 Å². The lowest BCUT2D eigenvalue weighted by atomic mass is 9.99. The van der Waals surface area contributed by atoms with Gasteiger partial charge in [-0.25, -0.2) is 4.79 Å². The maximum absolute atomic E-state index is 12.6. The summed E-state index contributed by atoms with van der Waals surface area (Å²) < 4.78 is 21.9. The molecule has 0 aromatic carbocycles. The Labute approximate surface area is 334 Å². The molecule has 1 fully saturated rings. The molecule has 0 aromatic rings. The number of hydrogen-bond donors (Lipinski definition) is 4. The Morgan fingerprint density at radius 1 is 0.600 bits per heavy atom. The second-order valence-electron chi connectivity index (χ2n) is 15.2. The van der Waals surface area contributed by atoms with Crippen molar-refractivity contribution in [3.63, 3.8) is 0 Å². The SMILES string of the molecule is CCCC/C=C/CCCCCCCCCCCC(=O)OC[C@@H](CO[C@H]1O[C@@H](CO)[C@@H](O)C(O)C1O)OC(=O)/C=C/C=C/CCCCCCCCCCCCC. The van der Waals surface area contributed by atoms with Crippen molar-refractivity contribution in [2.45, 2.75) is 218 Å². The molecular formula is C45H80O10. The molecule has 2 unspecified atom stereocenters. The van der Waals surface area contributed by atoms with Crippen LogP contribution < -0.4 is 0 Å². The Hall–Kier alpha value is -2.08. The van der Waals surface area contributed by atoms with E-state index in [0.717, 1.165) is 32.1 Å². The topological polar surface area (TPSA) is 152 Å². The van der Waals surface area contributed by atoms with Crippen LogP contribution in [0.1, 0.15) is 181 Å². The molecule has 0 radical (unpaired) electrons. The van der Waals surface area contributed by atoms with E-state index in [1.165, 1.54) is 128 Å². The summed E-state index contributed by atoms with van der Waals surface area (Å²) in [7, 11) is 0. The summed E-state index contributed by atoms with van der Waals surface area (Å²) in [6.45, 7) is 3.28. The van der Waals surface area contributed by atoms with Crippen molar-refractivity contribution in [1.82, 2.24) is 0 Å². The predicted octanol–water partition coefficient (Wildman–Crippen LogP) is 9.11. The normalized spacial score (nSPS) is 20.9. The van der Waals surface area contributed by atoms with Gasteiger partial charge in [-0.15, -0.1) is 0 Å². The zero-order valence-electron chi connectivity index (χ0n) is 34.7. The van der Waals surface area contributed by atoms with Gasteiger partial charge in [0.2, 0.25) is 0 Å². The third-order valence-corrected chi connectivity index (χ3v) is 10.1. The van der Waals surface area contributed by atoms with Crippen molar-refractivity contribution in [3.8, 4) is 0 Å². The highest BCUT2D eigenvalue weighted by atomic mass is 16.7. The molecule has 10 heteroatoms. The fourth-order valence-electron chi connectivity index (χ4n) is 6.55. The minimum atomic E-state index is -1.61. The number of hydrogen-bond acceptors (Lipinski definition) is 10. The molecule has 55 heavy (non-hydrogen) atoms. The Kier molecular flexibility index (Phi) is 33.6. The number of ether oxygens (including phenoxy) is 4. The Bertz CT molecular complexity index is 996. The lowest BCUT2D eigenvalue weighted by molar-refractivity contribution is -0.305.